The first-order valence-electron chi connectivity index (χ1n) is 10.9. The van der Waals surface area contributed by atoms with Gasteiger partial charge in [-0.15, -0.1) is 24.0 Å². The number of para-hydroxylation sites is 2. The molecule has 2 aliphatic rings. The van der Waals surface area contributed by atoms with Crippen LogP contribution >= 0.6 is 24.0 Å². The Bertz CT molecular complexity index is 625. The third kappa shape index (κ3) is 7.20. The minimum absolute atomic E-state index is 0. The summed E-state index contributed by atoms with van der Waals surface area (Å²) < 4.78 is 0. The first kappa shape index (κ1) is 24.1. The summed E-state index contributed by atoms with van der Waals surface area (Å²) in [6, 6.07) is 7.59. The largest absolute Gasteiger partial charge is 0.506 e. The van der Waals surface area contributed by atoms with Crippen molar-refractivity contribution in [1.82, 2.24) is 15.1 Å². The van der Waals surface area contributed by atoms with E-state index >= 15 is 0 Å². The fourth-order valence-electron chi connectivity index (χ4n) is 4.17. The zero-order valence-electron chi connectivity index (χ0n) is 18.0. The Morgan fingerprint density at radius 1 is 1.07 bits per heavy atom. The summed E-state index contributed by atoms with van der Waals surface area (Å²) in [5.74, 6) is 2.28. The van der Waals surface area contributed by atoms with Gasteiger partial charge in [0.1, 0.15) is 5.75 Å². The lowest BCUT2D eigenvalue weighted by Gasteiger charge is -2.37. The van der Waals surface area contributed by atoms with E-state index in [0.29, 0.717) is 5.75 Å². The van der Waals surface area contributed by atoms with E-state index in [1.807, 2.05) is 25.2 Å². The number of hydrogen-bond acceptors (Lipinski definition) is 4. The topological polar surface area (TPSA) is 54.3 Å². The van der Waals surface area contributed by atoms with E-state index in [-0.39, 0.29) is 24.0 Å². The van der Waals surface area contributed by atoms with Gasteiger partial charge in [-0.25, -0.2) is 0 Å². The molecule has 2 N–H and O–H groups in total. The van der Waals surface area contributed by atoms with Crippen LogP contribution in [0.15, 0.2) is 29.3 Å². The highest BCUT2D eigenvalue weighted by Gasteiger charge is 2.21. The summed E-state index contributed by atoms with van der Waals surface area (Å²) in [5, 5.41) is 13.6. The van der Waals surface area contributed by atoms with Gasteiger partial charge in [-0.05, 0) is 63.4 Å². The molecule has 2 saturated heterocycles. The van der Waals surface area contributed by atoms with E-state index < -0.39 is 0 Å². The summed E-state index contributed by atoms with van der Waals surface area (Å²) in [5.41, 5.74) is 0.928. The molecular formula is C22H38IN5O. The second-order valence-corrected chi connectivity index (χ2v) is 8.17. The average molecular weight is 515 g/mol. The molecule has 164 valence electrons. The first-order chi connectivity index (χ1) is 13.7. The number of hydrogen-bond donors (Lipinski definition) is 2. The van der Waals surface area contributed by atoms with Gasteiger partial charge in [0, 0.05) is 39.8 Å². The van der Waals surface area contributed by atoms with Crippen molar-refractivity contribution in [2.75, 3.05) is 64.3 Å². The van der Waals surface area contributed by atoms with Crippen LogP contribution in [0.5, 0.6) is 5.75 Å². The SMILES string of the molecule is CN=C(NCCCCN1CCC(C)CC1)N1CCN(c2ccccc2O)CC1.I. The molecule has 0 atom stereocenters. The molecule has 7 heteroatoms. The molecule has 0 saturated carbocycles. The zero-order valence-corrected chi connectivity index (χ0v) is 20.3. The summed E-state index contributed by atoms with van der Waals surface area (Å²) in [6.07, 6.45) is 5.15. The van der Waals surface area contributed by atoms with Crippen LogP contribution in [0.2, 0.25) is 0 Å². The molecule has 2 aliphatic heterocycles. The molecule has 0 amide bonds. The molecule has 3 rings (SSSR count). The molecule has 6 nitrogen and oxygen atoms in total. The molecule has 1 aromatic carbocycles. The van der Waals surface area contributed by atoms with Crippen molar-refractivity contribution in [2.45, 2.75) is 32.6 Å². The minimum atomic E-state index is 0. The van der Waals surface area contributed by atoms with E-state index in [1.165, 1.54) is 45.3 Å². The van der Waals surface area contributed by atoms with Crippen molar-refractivity contribution < 1.29 is 5.11 Å². The van der Waals surface area contributed by atoms with E-state index in [9.17, 15) is 5.11 Å². The third-order valence-electron chi connectivity index (χ3n) is 6.07. The number of unbranched alkanes of at least 4 members (excludes halogenated alkanes) is 1. The van der Waals surface area contributed by atoms with Gasteiger partial charge in [-0.2, -0.15) is 0 Å². The molecule has 0 spiro atoms. The Kier molecular flexibility index (Phi) is 10.3. The highest BCUT2D eigenvalue weighted by Crippen LogP contribution is 2.27. The fourth-order valence-corrected chi connectivity index (χ4v) is 4.17. The lowest BCUT2D eigenvalue weighted by atomic mass is 9.99. The number of aliphatic imine (C=N–C) groups is 1. The number of piperazine rings is 1. The van der Waals surface area contributed by atoms with Crippen molar-refractivity contribution in [3.8, 4) is 5.75 Å². The van der Waals surface area contributed by atoms with Gasteiger partial charge in [-0.1, -0.05) is 19.1 Å². The molecule has 29 heavy (non-hydrogen) atoms. The summed E-state index contributed by atoms with van der Waals surface area (Å²) >= 11 is 0. The van der Waals surface area contributed by atoms with E-state index in [4.69, 9.17) is 0 Å². The molecular weight excluding hydrogens is 477 g/mol. The molecule has 0 aromatic heterocycles. The number of aromatic hydroxyl groups is 1. The number of piperidine rings is 1. The number of rotatable bonds is 6. The maximum Gasteiger partial charge on any atom is 0.193 e. The van der Waals surface area contributed by atoms with Crippen LogP contribution in [-0.4, -0.2) is 80.3 Å². The predicted molar refractivity (Wildman–Crippen MR) is 133 cm³/mol. The van der Waals surface area contributed by atoms with Crippen LogP contribution in [0.3, 0.4) is 0 Å². The second kappa shape index (κ2) is 12.5. The van der Waals surface area contributed by atoms with Crippen LogP contribution in [0.4, 0.5) is 5.69 Å². The number of phenols is 1. The summed E-state index contributed by atoms with van der Waals surface area (Å²) in [6.45, 7) is 10.8. The van der Waals surface area contributed by atoms with Crippen molar-refractivity contribution in [3.05, 3.63) is 24.3 Å². The molecule has 2 heterocycles. The maximum absolute atomic E-state index is 10.1. The first-order valence-corrected chi connectivity index (χ1v) is 10.9. The number of likely N-dealkylation sites (tertiary alicyclic amines) is 1. The molecule has 0 bridgehead atoms. The molecule has 1 aromatic rings. The van der Waals surface area contributed by atoms with Gasteiger partial charge in [-0.3, -0.25) is 4.99 Å². The van der Waals surface area contributed by atoms with Crippen molar-refractivity contribution in [1.29, 1.82) is 0 Å². The Labute approximate surface area is 193 Å². The van der Waals surface area contributed by atoms with Crippen molar-refractivity contribution in [2.24, 2.45) is 10.9 Å². The van der Waals surface area contributed by atoms with Gasteiger partial charge < -0.3 is 25.1 Å². The molecule has 2 fully saturated rings. The Balaban J connectivity index is 0.00000300. The molecule has 0 unspecified atom stereocenters. The number of halogens is 1. The zero-order chi connectivity index (χ0) is 19.8. The van der Waals surface area contributed by atoms with Gasteiger partial charge in [0.25, 0.3) is 0 Å². The molecule has 0 aliphatic carbocycles. The van der Waals surface area contributed by atoms with Gasteiger partial charge in [0.2, 0.25) is 0 Å². The Hall–Kier alpha value is -1.22. The highest BCUT2D eigenvalue weighted by molar-refractivity contribution is 14.0. The van der Waals surface area contributed by atoms with E-state index in [1.54, 1.807) is 6.07 Å². The van der Waals surface area contributed by atoms with Crippen LogP contribution in [0, 0.1) is 5.92 Å². The molecule has 0 radical (unpaired) electrons. The Morgan fingerprint density at radius 3 is 2.41 bits per heavy atom. The standard InChI is InChI=1S/C22H37N5O.HI/c1-19-9-13-25(14-10-19)12-6-5-11-24-22(23-2)27-17-15-26(16-18-27)20-7-3-4-8-21(20)28;/h3-4,7-8,19,28H,5-6,9-18H2,1-2H3,(H,23,24);1H. The number of phenolic OH excluding ortho intramolecular Hbond substituents is 1. The number of benzene rings is 1. The predicted octanol–water partition coefficient (Wildman–Crippen LogP) is 3.22. The highest BCUT2D eigenvalue weighted by atomic mass is 127. The van der Waals surface area contributed by atoms with Gasteiger partial charge in [0.05, 0.1) is 5.69 Å². The smallest absolute Gasteiger partial charge is 0.193 e. The van der Waals surface area contributed by atoms with E-state index in [0.717, 1.165) is 50.3 Å². The van der Waals surface area contributed by atoms with Crippen LogP contribution in [-0.2, 0) is 0 Å². The average Bonchev–Trinajstić information content (AvgIpc) is 2.73. The van der Waals surface area contributed by atoms with Crippen molar-refractivity contribution >= 4 is 35.6 Å². The third-order valence-corrected chi connectivity index (χ3v) is 6.07. The van der Waals surface area contributed by atoms with Crippen LogP contribution in [0.1, 0.15) is 32.6 Å². The van der Waals surface area contributed by atoms with E-state index in [2.05, 4.69) is 31.9 Å². The summed E-state index contributed by atoms with van der Waals surface area (Å²) in [4.78, 5) is 11.7. The lowest BCUT2D eigenvalue weighted by molar-refractivity contribution is 0.189. The number of nitrogens with one attached hydrogen (secondary N) is 1. The van der Waals surface area contributed by atoms with Gasteiger partial charge >= 0.3 is 0 Å². The number of nitrogens with zero attached hydrogens (tertiary/aromatic N) is 4. The number of guanidine groups is 1. The second-order valence-electron chi connectivity index (χ2n) is 8.17. The quantitative estimate of drug-likeness (QED) is 0.264. The monoisotopic (exact) mass is 515 g/mol. The van der Waals surface area contributed by atoms with Crippen LogP contribution in [0.25, 0.3) is 0 Å². The Morgan fingerprint density at radius 2 is 1.76 bits per heavy atom. The fraction of sp³-hybridized carbons (Fsp3) is 0.682. The van der Waals surface area contributed by atoms with Gasteiger partial charge in [0.15, 0.2) is 5.96 Å². The lowest BCUT2D eigenvalue weighted by Crippen LogP contribution is -2.52. The van der Waals surface area contributed by atoms with Crippen molar-refractivity contribution in [3.63, 3.8) is 0 Å². The van der Waals surface area contributed by atoms with Crippen LogP contribution < -0.4 is 10.2 Å². The normalized spacial score (nSPS) is 19.2. The minimum Gasteiger partial charge on any atom is -0.506 e. The number of anilines is 1. The maximum atomic E-state index is 10.1. The summed E-state index contributed by atoms with van der Waals surface area (Å²) in [7, 11) is 1.87.